The van der Waals surface area contributed by atoms with Crippen molar-refractivity contribution in [3.63, 3.8) is 0 Å². The molecule has 0 spiro atoms. The summed E-state index contributed by atoms with van der Waals surface area (Å²) in [5, 5.41) is 6.39. The molecule has 2 aromatic carbocycles. The molecule has 35 heavy (non-hydrogen) atoms. The minimum Gasteiger partial charge on any atom is -0.351 e. The molecule has 7 nitrogen and oxygen atoms in total. The number of nitrogens with zero attached hydrogens (tertiary/aromatic N) is 5. The molecule has 0 atom stereocenters. The largest absolute Gasteiger partial charge is 0.351 e. The Labute approximate surface area is 207 Å². The van der Waals surface area contributed by atoms with Crippen LogP contribution >= 0.6 is 0 Å². The molecule has 0 amide bonds. The highest BCUT2D eigenvalue weighted by Gasteiger charge is 2.31. The predicted octanol–water partition coefficient (Wildman–Crippen LogP) is 4.08. The van der Waals surface area contributed by atoms with Gasteiger partial charge in [-0.2, -0.15) is 15.0 Å². The fraction of sp³-hybridized carbons (Fsp3) is 0.321. The topological polar surface area (TPSA) is 69.2 Å². The van der Waals surface area contributed by atoms with E-state index in [1.54, 1.807) is 12.2 Å². The summed E-state index contributed by atoms with van der Waals surface area (Å²) >= 11 is 0. The Morgan fingerprint density at radius 3 is 1.77 bits per heavy atom. The molecule has 0 bridgehead atoms. The number of hydrogen-bond donors (Lipinski definition) is 2. The predicted molar refractivity (Wildman–Crippen MR) is 143 cm³/mol. The number of fused-ring (bicyclic) bond motifs is 2. The Kier molecular flexibility index (Phi) is 7.04. The lowest BCUT2D eigenvalue weighted by molar-refractivity contribution is 0.211. The Morgan fingerprint density at radius 1 is 0.743 bits per heavy atom. The van der Waals surface area contributed by atoms with Gasteiger partial charge in [0.15, 0.2) is 0 Å². The van der Waals surface area contributed by atoms with E-state index < -0.39 is 0 Å². The van der Waals surface area contributed by atoms with Gasteiger partial charge in [0.25, 0.3) is 0 Å². The van der Waals surface area contributed by atoms with E-state index in [4.69, 9.17) is 0 Å². The number of hydrogen-bond acceptors (Lipinski definition) is 7. The monoisotopic (exact) mass is 467 g/mol. The summed E-state index contributed by atoms with van der Waals surface area (Å²) in [6.07, 6.45) is 5.77. The maximum Gasteiger partial charge on any atom is 0.232 e. The van der Waals surface area contributed by atoms with Crippen molar-refractivity contribution in [1.82, 2.24) is 19.9 Å². The van der Waals surface area contributed by atoms with Crippen LogP contribution in [0.15, 0.2) is 73.8 Å². The van der Waals surface area contributed by atoms with Crippen LogP contribution < -0.4 is 15.5 Å². The third-order valence-corrected chi connectivity index (χ3v) is 6.76. The Hall–Kier alpha value is -3.71. The van der Waals surface area contributed by atoms with E-state index in [0.717, 1.165) is 39.0 Å². The van der Waals surface area contributed by atoms with Gasteiger partial charge in [0.1, 0.15) is 0 Å². The van der Waals surface area contributed by atoms with Crippen molar-refractivity contribution in [1.29, 1.82) is 0 Å². The zero-order valence-electron chi connectivity index (χ0n) is 20.2. The average molecular weight is 468 g/mol. The second kappa shape index (κ2) is 10.7. The Bertz CT molecular complexity index is 1110. The maximum atomic E-state index is 4.69. The first-order valence-corrected chi connectivity index (χ1v) is 12.4. The van der Waals surface area contributed by atoms with Crippen LogP contribution in [-0.4, -0.2) is 59.1 Å². The van der Waals surface area contributed by atoms with Gasteiger partial charge in [-0.3, -0.25) is 4.90 Å². The van der Waals surface area contributed by atoms with Crippen molar-refractivity contribution in [3.8, 4) is 0 Å². The SMILES string of the molecule is C=CCNc1nc(NCC=C)nc(N2CCN(C3c4ccccc4CCc4ccccc43)CC2)n1. The minimum atomic E-state index is 0.278. The molecular weight excluding hydrogens is 434 g/mol. The number of piperazine rings is 1. The van der Waals surface area contributed by atoms with Gasteiger partial charge in [-0.25, -0.2) is 0 Å². The van der Waals surface area contributed by atoms with Gasteiger partial charge in [0.05, 0.1) is 6.04 Å². The first kappa shape index (κ1) is 23.1. The van der Waals surface area contributed by atoms with Crippen LogP contribution in [0, 0.1) is 0 Å². The number of rotatable bonds is 8. The molecule has 1 fully saturated rings. The van der Waals surface area contributed by atoms with Gasteiger partial charge in [-0.15, -0.1) is 13.2 Å². The molecule has 2 aliphatic rings. The molecule has 7 heteroatoms. The van der Waals surface area contributed by atoms with Crippen molar-refractivity contribution >= 4 is 17.8 Å². The van der Waals surface area contributed by atoms with Crippen molar-refractivity contribution in [3.05, 3.63) is 96.1 Å². The van der Waals surface area contributed by atoms with E-state index >= 15 is 0 Å². The molecule has 2 heterocycles. The summed E-state index contributed by atoms with van der Waals surface area (Å²) in [7, 11) is 0. The van der Waals surface area contributed by atoms with Crippen LogP contribution in [0.25, 0.3) is 0 Å². The molecule has 1 aliphatic carbocycles. The Balaban J connectivity index is 1.38. The first-order valence-electron chi connectivity index (χ1n) is 12.4. The summed E-state index contributed by atoms with van der Waals surface area (Å²) in [6.45, 7) is 12.3. The maximum absolute atomic E-state index is 4.69. The average Bonchev–Trinajstić information content (AvgIpc) is 3.08. The smallest absolute Gasteiger partial charge is 0.232 e. The van der Waals surface area contributed by atoms with Crippen LogP contribution in [0.5, 0.6) is 0 Å². The van der Waals surface area contributed by atoms with Gasteiger partial charge in [0, 0.05) is 39.3 Å². The van der Waals surface area contributed by atoms with Crippen LogP contribution in [-0.2, 0) is 12.8 Å². The molecule has 0 radical (unpaired) electrons. The molecule has 5 rings (SSSR count). The minimum absolute atomic E-state index is 0.278. The van der Waals surface area contributed by atoms with Crippen LogP contribution in [0.1, 0.15) is 28.3 Å². The molecule has 1 saturated heterocycles. The molecule has 1 aliphatic heterocycles. The zero-order chi connectivity index (χ0) is 24.0. The summed E-state index contributed by atoms with van der Waals surface area (Å²) in [6, 6.07) is 18.2. The summed E-state index contributed by atoms with van der Waals surface area (Å²) in [4.78, 5) is 18.7. The quantitative estimate of drug-likeness (QED) is 0.484. The van der Waals surface area contributed by atoms with E-state index in [1.165, 1.54) is 22.3 Å². The van der Waals surface area contributed by atoms with Gasteiger partial charge in [-0.1, -0.05) is 60.7 Å². The summed E-state index contributed by atoms with van der Waals surface area (Å²) in [5.41, 5.74) is 5.81. The standard InChI is InChI=1S/C28H33N7/c1-3-15-29-26-31-27(30-16-4-2)33-28(32-26)35-19-17-34(18-20-35)25-23-11-7-5-9-21(23)13-14-22-10-6-8-12-24(22)25/h3-12,25H,1-2,13-20H2,(H2,29,30,31,32,33). The molecular formula is C28H33N7. The zero-order valence-corrected chi connectivity index (χ0v) is 20.2. The van der Waals surface area contributed by atoms with Crippen molar-refractivity contribution in [2.75, 3.05) is 54.8 Å². The third-order valence-electron chi connectivity index (χ3n) is 6.76. The van der Waals surface area contributed by atoms with Crippen molar-refractivity contribution in [2.45, 2.75) is 18.9 Å². The Morgan fingerprint density at radius 2 is 1.26 bits per heavy atom. The number of anilines is 3. The lowest BCUT2D eigenvalue weighted by Gasteiger charge is -2.40. The van der Waals surface area contributed by atoms with Crippen LogP contribution in [0.3, 0.4) is 0 Å². The lowest BCUT2D eigenvalue weighted by Crippen LogP contribution is -2.48. The van der Waals surface area contributed by atoms with Crippen LogP contribution in [0.2, 0.25) is 0 Å². The van der Waals surface area contributed by atoms with E-state index in [-0.39, 0.29) is 6.04 Å². The highest BCUT2D eigenvalue weighted by Crippen LogP contribution is 2.37. The van der Waals surface area contributed by atoms with E-state index in [9.17, 15) is 0 Å². The van der Waals surface area contributed by atoms with E-state index in [0.29, 0.717) is 30.9 Å². The first-order chi connectivity index (χ1) is 17.3. The number of nitrogens with one attached hydrogen (secondary N) is 2. The highest BCUT2D eigenvalue weighted by molar-refractivity contribution is 5.47. The highest BCUT2D eigenvalue weighted by atomic mass is 15.4. The number of benzene rings is 2. The van der Waals surface area contributed by atoms with Gasteiger partial charge in [0.2, 0.25) is 17.8 Å². The van der Waals surface area contributed by atoms with Crippen molar-refractivity contribution in [2.24, 2.45) is 0 Å². The van der Waals surface area contributed by atoms with Gasteiger partial charge >= 0.3 is 0 Å². The molecule has 1 aromatic heterocycles. The molecule has 0 saturated carbocycles. The van der Waals surface area contributed by atoms with E-state index in [1.807, 2.05) is 0 Å². The fourth-order valence-corrected chi connectivity index (χ4v) is 5.06. The van der Waals surface area contributed by atoms with Gasteiger partial charge in [-0.05, 0) is 35.1 Å². The van der Waals surface area contributed by atoms with Crippen molar-refractivity contribution < 1.29 is 0 Å². The molecule has 2 N–H and O–H groups in total. The number of aryl methyl sites for hydroxylation is 2. The summed E-state index contributed by atoms with van der Waals surface area (Å²) < 4.78 is 0. The normalized spacial score (nSPS) is 16.1. The number of aromatic nitrogens is 3. The third kappa shape index (κ3) is 5.05. The second-order valence-corrected chi connectivity index (χ2v) is 8.94. The van der Waals surface area contributed by atoms with E-state index in [2.05, 4.69) is 97.1 Å². The lowest BCUT2D eigenvalue weighted by atomic mass is 9.93. The summed E-state index contributed by atoms with van der Waals surface area (Å²) in [5.74, 6) is 1.80. The molecule has 3 aromatic rings. The fourth-order valence-electron chi connectivity index (χ4n) is 5.06. The molecule has 180 valence electrons. The molecule has 0 unspecified atom stereocenters. The van der Waals surface area contributed by atoms with Crippen LogP contribution in [0.4, 0.5) is 17.8 Å². The van der Waals surface area contributed by atoms with Gasteiger partial charge < -0.3 is 15.5 Å². The second-order valence-electron chi connectivity index (χ2n) is 8.94.